The van der Waals surface area contributed by atoms with E-state index < -0.39 is 16.9 Å². The molecule has 1 aromatic rings. The molecular weight excluding hydrogens is 218 g/mol. The number of carbonyl (C=O) groups excluding carboxylic acids is 1. The Kier molecular flexibility index (Phi) is 4.26. The summed E-state index contributed by atoms with van der Waals surface area (Å²) >= 11 is 0. The number of carbonyl (C=O) groups is 1. The molecule has 0 aliphatic carbocycles. The van der Waals surface area contributed by atoms with Crippen LogP contribution in [0.25, 0.3) is 0 Å². The monoisotopic (exact) mass is 229 g/mol. The van der Waals surface area contributed by atoms with E-state index in [9.17, 15) is 13.2 Å². The van der Waals surface area contributed by atoms with Gasteiger partial charge < -0.3 is 5.73 Å². The summed E-state index contributed by atoms with van der Waals surface area (Å²) in [6.07, 6.45) is 0.0785. The fourth-order valence-electron chi connectivity index (χ4n) is 1.18. The van der Waals surface area contributed by atoms with Gasteiger partial charge in [-0.15, -0.1) is 0 Å². The van der Waals surface area contributed by atoms with Gasteiger partial charge in [0.2, 0.25) is 5.91 Å². The number of primary amides is 1. The van der Waals surface area contributed by atoms with E-state index in [2.05, 4.69) is 4.18 Å². The van der Waals surface area contributed by atoms with Crippen LogP contribution in [0, 0.1) is 0 Å². The minimum atomic E-state index is -2.87. The quantitative estimate of drug-likeness (QED) is 0.682. The summed E-state index contributed by atoms with van der Waals surface area (Å²) in [4.78, 5) is 10.7. The van der Waals surface area contributed by atoms with E-state index in [1.165, 1.54) is 0 Å². The Morgan fingerprint density at radius 1 is 1.27 bits per heavy atom. The minimum Gasteiger partial charge on any atom is -0.369 e. The molecule has 82 valence electrons. The molecule has 0 radical (unpaired) electrons. The Labute approximate surface area is 89.0 Å². The largest absolute Gasteiger partial charge is 0.369 e. The van der Waals surface area contributed by atoms with E-state index >= 15 is 0 Å². The normalized spacial score (nSPS) is 10.5. The molecule has 0 saturated heterocycles. The van der Waals surface area contributed by atoms with Gasteiger partial charge in [0.15, 0.2) is 0 Å². The van der Waals surface area contributed by atoms with Crippen molar-refractivity contribution >= 4 is 16.9 Å². The summed E-state index contributed by atoms with van der Waals surface area (Å²) < 4.78 is 24.9. The first-order valence-electron chi connectivity index (χ1n) is 4.22. The third-order valence-corrected chi connectivity index (χ3v) is 2.15. The Morgan fingerprint density at radius 2 is 1.87 bits per heavy atom. The average Bonchev–Trinajstić information content (AvgIpc) is 2.15. The molecule has 0 spiro atoms. The van der Waals surface area contributed by atoms with Crippen LogP contribution in [0.4, 0.5) is 0 Å². The number of hydrogen-bond acceptors (Lipinski definition) is 4. The van der Waals surface area contributed by atoms with E-state index in [1.807, 2.05) is 0 Å². The van der Waals surface area contributed by atoms with Gasteiger partial charge in [-0.3, -0.25) is 8.98 Å². The average molecular weight is 229 g/mol. The first-order chi connectivity index (χ1) is 7.09. The number of hydrogen-bond donors (Lipinski definition) is 2. The number of nitrogens with two attached hydrogens (primary N) is 1. The van der Waals surface area contributed by atoms with Gasteiger partial charge in [-0.1, -0.05) is 24.3 Å². The Bertz CT molecular complexity index is 420. The van der Waals surface area contributed by atoms with E-state index in [4.69, 9.17) is 5.73 Å². The van der Waals surface area contributed by atoms with Crippen molar-refractivity contribution in [2.45, 2.75) is 13.0 Å². The van der Waals surface area contributed by atoms with Crippen LogP contribution in [-0.2, 0) is 33.0 Å². The van der Waals surface area contributed by atoms with E-state index in [1.54, 1.807) is 24.3 Å². The maximum atomic E-state index is 10.7. The van der Waals surface area contributed by atoms with Gasteiger partial charge in [-0.05, 0) is 11.1 Å². The molecule has 0 fully saturated rings. The zero-order chi connectivity index (χ0) is 11.3. The fraction of sp³-hybridized carbons (Fsp3) is 0.222. The zero-order valence-corrected chi connectivity index (χ0v) is 8.78. The molecule has 0 saturated carbocycles. The second-order valence-corrected chi connectivity index (χ2v) is 3.61. The van der Waals surface area contributed by atoms with Crippen LogP contribution >= 0.6 is 0 Å². The highest BCUT2D eigenvalue weighted by Gasteiger charge is 2.05. The number of benzene rings is 1. The molecule has 1 aromatic carbocycles. The van der Waals surface area contributed by atoms with Gasteiger partial charge in [-0.2, -0.15) is 0 Å². The van der Waals surface area contributed by atoms with Gasteiger partial charge in [0.25, 0.3) is 11.0 Å². The second kappa shape index (κ2) is 5.47. The summed E-state index contributed by atoms with van der Waals surface area (Å²) in [6.45, 7) is -0.0673. The van der Waals surface area contributed by atoms with Gasteiger partial charge in [-0.25, -0.2) is 8.42 Å². The maximum Gasteiger partial charge on any atom is 0.257 e. The van der Waals surface area contributed by atoms with Crippen molar-refractivity contribution in [2.24, 2.45) is 5.73 Å². The van der Waals surface area contributed by atoms with Crippen LogP contribution in [0.15, 0.2) is 24.3 Å². The summed E-state index contributed by atoms with van der Waals surface area (Å²) in [5.74, 6) is -0.464. The maximum absolute atomic E-state index is 10.7. The third kappa shape index (κ3) is 4.09. The van der Waals surface area contributed by atoms with Crippen LogP contribution in [0.5, 0.6) is 0 Å². The second-order valence-electron chi connectivity index (χ2n) is 2.91. The van der Waals surface area contributed by atoms with E-state index in [0.717, 1.165) is 0 Å². The van der Waals surface area contributed by atoms with Gasteiger partial charge in [0, 0.05) is 0 Å². The Morgan fingerprint density at radius 3 is 2.40 bits per heavy atom. The molecule has 2 N–H and O–H groups in total. The van der Waals surface area contributed by atoms with Crippen molar-refractivity contribution in [3.05, 3.63) is 35.4 Å². The van der Waals surface area contributed by atoms with Crippen LogP contribution in [0.2, 0.25) is 0 Å². The molecular formula is C9H11NO4S. The molecule has 0 bridgehead atoms. The molecule has 0 aromatic heterocycles. The summed E-state index contributed by atoms with van der Waals surface area (Å²) in [7, 11) is -2.87. The van der Waals surface area contributed by atoms with Crippen molar-refractivity contribution in [1.82, 2.24) is 0 Å². The first kappa shape index (κ1) is 11.7. The lowest BCUT2D eigenvalue weighted by Gasteiger charge is -2.05. The van der Waals surface area contributed by atoms with Gasteiger partial charge in [0.1, 0.15) is 0 Å². The van der Waals surface area contributed by atoms with Crippen molar-refractivity contribution < 1.29 is 17.4 Å². The summed E-state index contributed by atoms with van der Waals surface area (Å²) in [5, 5.41) is 0. The molecule has 0 aliphatic heterocycles. The molecule has 0 atom stereocenters. The highest BCUT2D eigenvalue weighted by molar-refractivity contribution is 7.67. The van der Waals surface area contributed by atoms with Crippen molar-refractivity contribution in [3.8, 4) is 0 Å². The smallest absolute Gasteiger partial charge is 0.257 e. The van der Waals surface area contributed by atoms with Crippen LogP contribution in [-0.4, -0.2) is 14.3 Å². The topological polar surface area (TPSA) is 86.5 Å². The predicted molar refractivity (Wildman–Crippen MR) is 54.4 cm³/mol. The highest BCUT2D eigenvalue weighted by Crippen LogP contribution is 2.10. The lowest BCUT2D eigenvalue weighted by atomic mass is 10.1. The van der Waals surface area contributed by atoms with E-state index in [0.29, 0.717) is 11.1 Å². The zero-order valence-electron chi connectivity index (χ0n) is 7.88. The molecule has 0 aliphatic rings. The molecule has 1 amide bonds. The lowest BCUT2D eigenvalue weighted by Crippen LogP contribution is -2.15. The fourth-order valence-corrected chi connectivity index (χ4v) is 1.43. The highest BCUT2D eigenvalue weighted by atomic mass is 32.2. The Hall–Kier alpha value is -1.40. The molecule has 5 nitrogen and oxygen atoms in total. The van der Waals surface area contributed by atoms with Crippen molar-refractivity contribution in [2.75, 3.05) is 0 Å². The standard InChI is InChI=1S/C9H11NO4S/c10-9(11)5-7-3-1-2-4-8(7)6-14-15(12)13/h1-4,15H,5-6H2,(H2,10,11). The molecule has 15 heavy (non-hydrogen) atoms. The SMILES string of the molecule is NC(=O)Cc1ccccc1CO[SH](=O)=O. The summed E-state index contributed by atoms with van der Waals surface area (Å²) in [6, 6.07) is 6.89. The minimum absolute atomic E-state index is 0.0673. The lowest BCUT2D eigenvalue weighted by molar-refractivity contribution is -0.117. The van der Waals surface area contributed by atoms with Crippen molar-refractivity contribution in [1.29, 1.82) is 0 Å². The number of thiol groups is 1. The predicted octanol–water partition coefficient (Wildman–Crippen LogP) is -0.243. The number of rotatable bonds is 5. The van der Waals surface area contributed by atoms with E-state index in [-0.39, 0.29) is 13.0 Å². The molecule has 6 heteroatoms. The molecule has 0 heterocycles. The van der Waals surface area contributed by atoms with Gasteiger partial charge in [0.05, 0.1) is 13.0 Å². The van der Waals surface area contributed by atoms with Crippen LogP contribution in [0.3, 0.4) is 0 Å². The van der Waals surface area contributed by atoms with Crippen LogP contribution in [0.1, 0.15) is 11.1 Å². The first-order valence-corrected chi connectivity index (χ1v) is 5.31. The van der Waals surface area contributed by atoms with Crippen LogP contribution < -0.4 is 5.73 Å². The van der Waals surface area contributed by atoms with Crippen molar-refractivity contribution in [3.63, 3.8) is 0 Å². The summed E-state index contributed by atoms with van der Waals surface area (Å²) in [5.41, 5.74) is 6.38. The third-order valence-electron chi connectivity index (χ3n) is 1.81. The van der Waals surface area contributed by atoms with Gasteiger partial charge >= 0.3 is 0 Å². The molecule has 0 unspecified atom stereocenters. The Balaban J connectivity index is 2.81. The molecule has 1 rings (SSSR count). The number of amides is 1.